The van der Waals surface area contributed by atoms with Crippen LogP contribution < -0.4 is 5.32 Å². The molecule has 0 aliphatic heterocycles. The van der Waals surface area contributed by atoms with Gasteiger partial charge in [-0.05, 0) is 41.1 Å². The van der Waals surface area contributed by atoms with Gasteiger partial charge in [0.2, 0.25) is 5.13 Å². The summed E-state index contributed by atoms with van der Waals surface area (Å²) in [6, 6.07) is 0.592. The Labute approximate surface area is 103 Å². The molecular formula is C10H16BrN3S. The van der Waals surface area contributed by atoms with Crippen molar-refractivity contribution in [1.82, 2.24) is 10.2 Å². The number of hydrogen-bond donors (Lipinski definition) is 1. The molecule has 5 heteroatoms. The van der Waals surface area contributed by atoms with Gasteiger partial charge in [-0.1, -0.05) is 31.1 Å². The molecule has 0 aromatic carbocycles. The third-order valence-corrected chi connectivity index (χ3v) is 4.27. The van der Waals surface area contributed by atoms with Crippen molar-refractivity contribution >= 4 is 32.4 Å². The summed E-state index contributed by atoms with van der Waals surface area (Å²) in [4.78, 5) is 0. The maximum Gasteiger partial charge on any atom is 0.206 e. The molecule has 84 valence electrons. The lowest BCUT2D eigenvalue weighted by atomic mass is 10.0. The SMILES string of the molecule is CC1CCCC(Nc2nnc(Br)s2)CC1. The van der Waals surface area contributed by atoms with Crippen LogP contribution in [0.5, 0.6) is 0 Å². The van der Waals surface area contributed by atoms with Crippen LogP contribution in [-0.4, -0.2) is 16.2 Å². The van der Waals surface area contributed by atoms with Crippen LogP contribution in [0.4, 0.5) is 5.13 Å². The normalized spacial score (nSPS) is 27.3. The second-order valence-electron chi connectivity index (χ2n) is 4.31. The Bertz CT molecular complexity index is 315. The quantitative estimate of drug-likeness (QED) is 0.844. The van der Waals surface area contributed by atoms with Gasteiger partial charge < -0.3 is 5.32 Å². The van der Waals surface area contributed by atoms with E-state index in [1.165, 1.54) is 32.1 Å². The lowest BCUT2D eigenvalue weighted by Gasteiger charge is -2.14. The number of rotatable bonds is 2. The molecule has 2 rings (SSSR count). The summed E-state index contributed by atoms with van der Waals surface area (Å²) in [5.74, 6) is 0.887. The van der Waals surface area contributed by atoms with Crippen molar-refractivity contribution in [1.29, 1.82) is 0 Å². The van der Waals surface area contributed by atoms with Gasteiger partial charge in [0.25, 0.3) is 0 Å². The molecule has 1 aliphatic carbocycles. The van der Waals surface area contributed by atoms with E-state index in [0.717, 1.165) is 15.0 Å². The highest BCUT2D eigenvalue weighted by Crippen LogP contribution is 2.27. The molecule has 1 saturated carbocycles. The van der Waals surface area contributed by atoms with Gasteiger partial charge in [-0.15, -0.1) is 10.2 Å². The topological polar surface area (TPSA) is 37.8 Å². The molecule has 2 atom stereocenters. The van der Waals surface area contributed by atoms with Gasteiger partial charge in [0, 0.05) is 6.04 Å². The van der Waals surface area contributed by atoms with Crippen molar-refractivity contribution in [2.45, 2.75) is 45.1 Å². The largest absolute Gasteiger partial charge is 0.357 e. The zero-order valence-corrected chi connectivity index (χ0v) is 11.3. The lowest BCUT2D eigenvalue weighted by Crippen LogP contribution is -2.18. The molecule has 3 nitrogen and oxygen atoms in total. The fraction of sp³-hybridized carbons (Fsp3) is 0.800. The van der Waals surface area contributed by atoms with Crippen LogP contribution in [0.1, 0.15) is 39.0 Å². The summed E-state index contributed by atoms with van der Waals surface area (Å²) in [7, 11) is 0. The van der Waals surface area contributed by atoms with E-state index in [1.54, 1.807) is 11.3 Å². The average molecular weight is 290 g/mol. The number of anilines is 1. The molecule has 0 saturated heterocycles. The van der Waals surface area contributed by atoms with Gasteiger partial charge in [-0.2, -0.15) is 0 Å². The van der Waals surface area contributed by atoms with E-state index in [0.29, 0.717) is 6.04 Å². The second kappa shape index (κ2) is 5.25. The van der Waals surface area contributed by atoms with E-state index in [4.69, 9.17) is 0 Å². The number of aromatic nitrogens is 2. The summed E-state index contributed by atoms with van der Waals surface area (Å²) in [5.41, 5.74) is 0. The van der Waals surface area contributed by atoms with Crippen molar-refractivity contribution in [3.05, 3.63) is 3.92 Å². The molecule has 2 unspecified atom stereocenters. The smallest absolute Gasteiger partial charge is 0.206 e. The third kappa shape index (κ3) is 3.41. The van der Waals surface area contributed by atoms with Gasteiger partial charge in [0.05, 0.1) is 0 Å². The van der Waals surface area contributed by atoms with Crippen molar-refractivity contribution in [2.75, 3.05) is 5.32 Å². The van der Waals surface area contributed by atoms with Crippen molar-refractivity contribution in [3.63, 3.8) is 0 Å². The highest BCUT2D eigenvalue weighted by atomic mass is 79.9. The summed E-state index contributed by atoms with van der Waals surface area (Å²) in [6.45, 7) is 2.35. The predicted octanol–water partition coefficient (Wildman–Crippen LogP) is 3.68. The van der Waals surface area contributed by atoms with Crippen LogP contribution in [-0.2, 0) is 0 Å². The Balaban J connectivity index is 1.88. The molecule has 1 N–H and O–H groups in total. The second-order valence-corrected chi connectivity index (χ2v) is 6.57. The fourth-order valence-corrected chi connectivity index (χ4v) is 3.16. The van der Waals surface area contributed by atoms with Crippen molar-refractivity contribution in [2.24, 2.45) is 5.92 Å². The van der Waals surface area contributed by atoms with Crippen LogP contribution in [0.2, 0.25) is 0 Å². The molecule has 0 amide bonds. The van der Waals surface area contributed by atoms with Crippen molar-refractivity contribution < 1.29 is 0 Å². The number of hydrogen-bond acceptors (Lipinski definition) is 4. The maximum absolute atomic E-state index is 4.07. The highest BCUT2D eigenvalue weighted by Gasteiger charge is 2.16. The van der Waals surface area contributed by atoms with Crippen LogP contribution in [0, 0.1) is 5.92 Å². The monoisotopic (exact) mass is 289 g/mol. The Morgan fingerprint density at radius 1 is 1.27 bits per heavy atom. The van der Waals surface area contributed by atoms with Gasteiger partial charge in [-0.3, -0.25) is 0 Å². The molecular weight excluding hydrogens is 274 g/mol. The van der Waals surface area contributed by atoms with Crippen LogP contribution in [0.15, 0.2) is 3.92 Å². The molecule has 0 bridgehead atoms. The highest BCUT2D eigenvalue weighted by molar-refractivity contribution is 9.11. The average Bonchev–Trinajstić information content (AvgIpc) is 2.48. The lowest BCUT2D eigenvalue weighted by molar-refractivity contribution is 0.502. The van der Waals surface area contributed by atoms with Gasteiger partial charge in [0.15, 0.2) is 3.92 Å². The maximum atomic E-state index is 4.07. The first kappa shape index (κ1) is 11.3. The molecule has 1 aromatic heterocycles. The minimum Gasteiger partial charge on any atom is -0.357 e. The van der Waals surface area contributed by atoms with E-state index >= 15 is 0 Å². The molecule has 1 aromatic rings. The number of nitrogens with zero attached hydrogens (tertiary/aromatic N) is 2. The summed E-state index contributed by atoms with van der Waals surface area (Å²) in [5, 5.41) is 12.4. The van der Waals surface area contributed by atoms with E-state index in [-0.39, 0.29) is 0 Å². The van der Waals surface area contributed by atoms with Crippen LogP contribution in [0.25, 0.3) is 0 Å². The van der Waals surface area contributed by atoms with E-state index in [9.17, 15) is 0 Å². The van der Waals surface area contributed by atoms with E-state index in [1.807, 2.05) is 0 Å². The Kier molecular flexibility index (Phi) is 3.97. The Morgan fingerprint density at radius 3 is 2.87 bits per heavy atom. The number of halogens is 1. The fourth-order valence-electron chi connectivity index (χ4n) is 2.07. The van der Waals surface area contributed by atoms with Gasteiger partial charge in [-0.25, -0.2) is 0 Å². The molecule has 1 heterocycles. The molecule has 15 heavy (non-hydrogen) atoms. The van der Waals surface area contributed by atoms with Gasteiger partial charge in [0.1, 0.15) is 0 Å². The third-order valence-electron chi connectivity index (χ3n) is 2.99. The first-order valence-electron chi connectivity index (χ1n) is 5.49. The standard InChI is InChI=1S/C10H16BrN3S/c1-7-3-2-4-8(6-5-7)12-10-14-13-9(11)15-10/h7-8H,2-6H2,1H3,(H,12,14). The Hall–Kier alpha value is -0.160. The molecule has 1 aliphatic rings. The first-order valence-corrected chi connectivity index (χ1v) is 7.10. The molecule has 0 spiro atoms. The summed E-state index contributed by atoms with van der Waals surface area (Å²) < 4.78 is 0.854. The predicted molar refractivity (Wildman–Crippen MR) is 67.3 cm³/mol. The van der Waals surface area contributed by atoms with Crippen LogP contribution >= 0.6 is 27.3 Å². The molecule has 0 radical (unpaired) electrons. The zero-order chi connectivity index (χ0) is 10.7. The molecule has 1 fully saturated rings. The number of nitrogens with one attached hydrogen (secondary N) is 1. The minimum atomic E-state index is 0.592. The van der Waals surface area contributed by atoms with Gasteiger partial charge >= 0.3 is 0 Å². The van der Waals surface area contributed by atoms with Crippen molar-refractivity contribution in [3.8, 4) is 0 Å². The van der Waals surface area contributed by atoms with Crippen LogP contribution in [0.3, 0.4) is 0 Å². The van der Waals surface area contributed by atoms with E-state index < -0.39 is 0 Å². The van der Waals surface area contributed by atoms with E-state index in [2.05, 4.69) is 38.4 Å². The minimum absolute atomic E-state index is 0.592. The zero-order valence-electron chi connectivity index (χ0n) is 8.87. The first-order chi connectivity index (χ1) is 7.24. The Morgan fingerprint density at radius 2 is 2.13 bits per heavy atom. The summed E-state index contributed by atoms with van der Waals surface area (Å²) in [6.07, 6.45) is 6.56. The summed E-state index contributed by atoms with van der Waals surface area (Å²) >= 11 is 4.90.